The summed E-state index contributed by atoms with van der Waals surface area (Å²) in [5.74, 6) is 0.529. The van der Waals surface area contributed by atoms with Crippen LogP contribution in [0.15, 0.2) is 39.9 Å². The molecule has 0 atom stereocenters. The van der Waals surface area contributed by atoms with Crippen molar-refractivity contribution in [3.05, 3.63) is 61.8 Å². The highest BCUT2D eigenvalue weighted by Gasteiger charge is 2.27. The molecule has 4 rings (SSSR count). The van der Waals surface area contributed by atoms with Gasteiger partial charge in [0.05, 0.1) is 12.1 Å². The quantitative estimate of drug-likeness (QED) is 0.621. The van der Waals surface area contributed by atoms with Crippen LogP contribution in [0.3, 0.4) is 0 Å². The molecular weight excluding hydrogens is 448 g/mol. The maximum absolute atomic E-state index is 12.6. The van der Waals surface area contributed by atoms with E-state index in [0.29, 0.717) is 42.5 Å². The first-order valence-electron chi connectivity index (χ1n) is 10.6. The van der Waals surface area contributed by atoms with E-state index >= 15 is 0 Å². The van der Waals surface area contributed by atoms with Gasteiger partial charge in [-0.15, -0.1) is 10.2 Å². The van der Waals surface area contributed by atoms with Crippen molar-refractivity contribution < 1.29 is 9.53 Å². The van der Waals surface area contributed by atoms with Gasteiger partial charge in [-0.1, -0.05) is 23.7 Å². The average Bonchev–Trinajstić information content (AvgIpc) is 2.76. The van der Waals surface area contributed by atoms with E-state index in [9.17, 15) is 14.4 Å². The van der Waals surface area contributed by atoms with Crippen molar-refractivity contribution in [1.82, 2.24) is 24.6 Å². The van der Waals surface area contributed by atoms with Crippen LogP contribution in [0.1, 0.15) is 26.3 Å². The Kier molecular flexibility index (Phi) is 6.11. The Morgan fingerprint density at radius 3 is 2.39 bits per heavy atom. The van der Waals surface area contributed by atoms with Crippen LogP contribution in [0.5, 0.6) is 0 Å². The van der Waals surface area contributed by atoms with Crippen molar-refractivity contribution in [1.29, 1.82) is 0 Å². The normalized spacial score (nSPS) is 14.5. The zero-order chi connectivity index (χ0) is 23.8. The SMILES string of the molecule is CC(C)(C)OC(=O)N1CCN(c2cc3c(nn2)c(=O)[nH]c(=O)n3Cc2ccc(Cl)cc2)CC1. The molecule has 1 amide bonds. The number of nitrogens with one attached hydrogen (secondary N) is 1. The summed E-state index contributed by atoms with van der Waals surface area (Å²) in [5, 5.41) is 8.89. The Labute approximate surface area is 194 Å². The van der Waals surface area contributed by atoms with E-state index in [0.717, 1.165) is 5.56 Å². The molecule has 3 aromatic rings. The first-order chi connectivity index (χ1) is 15.6. The van der Waals surface area contributed by atoms with Gasteiger partial charge in [0.25, 0.3) is 5.56 Å². The number of rotatable bonds is 3. The van der Waals surface area contributed by atoms with Gasteiger partial charge >= 0.3 is 11.8 Å². The van der Waals surface area contributed by atoms with E-state index < -0.39 is 16.9 Å². The molecule has 1 fully saturated rings. The van der Waals surface area contributed by atoms with Crippen molar-refractivity contribution in [3.63, 3.8) is 0 Å². The number of carbonyl (C=O) groups is 1. The second-order valence-corrected chi connectivity index (χ2v) is 9.30. The first-order valence-corrected chi connectivity index (χ1v) is 11.0. The van der Waals surface area contributed by atoms with Gasteiger partial charge in [-0.25, -0.2) is 9.59 Å². The molecule has 1 aliphatic heterocycles. The Bertz CT molecular complexity index is 1290. The number of piperazine rings is 1. The standard InChI is InChI=1S/C22H25ClN6O4/c1-22(2,3)33-21(32)28-10-8-27(9-11-28)17-12-16-18(26-25-17)19(30)24-20(31)29(16)13-14-4-6-15(23)7-5-14/h4-7,12H,8-11,13H2,1-3H3,(H,24,30,31). The number of H-pyrrole nitrogens is 1. The molecule has 1 saturated heterocycles. The van der Waals surface area contributed by atoms with E-state index in [1.165, 1.54) is 4.57 Å². The van der Waals surface area contributed by atoms with Crippen molar-refractivity contribution in [2.45, 2.75) is 32.9 Å². The predicted molar refractivity (Wildman–Crippen MR) is 125 cm³/mol. The fourth-order valence-electron chi connectivity index (χ4n) is 3.60. The lowest BCUT2D eigenvalue weighted by Gasteiger charge is -2.36. The van der Waals surface area contributed by atoms with Crippen LogP contribution in [0.25, 0.3) is 11.0 Å². The maximum Gasteiger partial charge on any atom is 0.410 e. The summed E-state index contributed by atoms with van der Waals surface area (Å²) in [6.45, 7) is 7.68. The number of amides is 1. The predicted octanol–water partition coefficient (Wildman–Crippen LogP) is 2.24. The summed E-state index contributed by atoms with van der Waals surface area (Å²) in [7, 11) is 0. The average molecular weight is 473 g/mol. The molecule has 0 radical (unpaired) electrons. The number of aromatic nitrogens is 4. The molecule has 0 bridgehead atoms. The molecule has 1 aliphatic rings. The largest absolute Gasteiger partial charge is 0.444 e. The topological polar surface area (TPSA) is 113 Å². The number of benzene rings is 1. The summed E-state index contributed by atoms with van der Waals surface area (Å²) in [5.41, 5.74) is -0.358. The lowest BCUT2D eigenvalue weighted by Crippen LogP contribution is -2.50. The number of carbonyl (C=O) groups excluding carboxylic acids is 1. The first kappa shape index (κ1) is 22.8. The van der Waals surface area contributed by atoms with E-state index in [1.54, 1.807) is 23.1 Å². The number of anilines is 1. The van der Waals surface area contributed by atoms with Gasteiger partial charge in [-0.2, -0.15) is 0 Å². The fourth-order valence-corrected chi connectivity index (χ4v) is 3.73. The molecule has 10 nitrogen and oxygen atoms in total. The van der Waals surface area contributed by atoms with E-state index in [4.69, 9.17) is 16.3 Å². The molecule has 0 aliphatic carbocycles. The van der Waals surface area contributed by atoms with Crippen LogP contribution in [0.2, 0.25) is 5.02 Å². The summed E-state index contributed by atoms with van der Waals surface area (Å²) in [6.07, 6.45) is -0.352. The van der Waals surface area contributed by atoms with E-state index in [-0.39, 0.29) is 18.2 Å². The Morgan fingerprint density at radius 2 is 1.76 bits per heavy atom. The highest BCUT2D eigenvalue weighted by atomic mass is 35.5. The van der Waals surface area contributed by atoms with Gasteiger partial charge in [-0.3, -0.25) is 14.3 Å². The third kappa shape index (κ3) is 5.16. The Morgan fingerprint density at radius 1 is 1.09 bits per heavy atom. The van der Waals surface area contributed by atoms with Crippen LogP contribution in [0, 0.1) is 0 Å². The van der Waals surface area contributed by atoms with E-state index in [1.807, 2.05) is 37.8 Å². The van der Waals surface area contributed by atoms with Crippen molar-refractivity contribution in [2.24, 2.45) is 0 Å². The molecule has 11 heteroatoms. The molecule has 0 saturated carbocycles. The molecule has 174 valence electrons. The van der Waals surface area contributed by atoms with Gasteiger partial charge < -0.3 is 14.5 Å². The van der Waals surface area contributed by atoms with Crippen LogP contribution in [-0.2, 0) is 11.3 Å². The molecule has 2 aromatic heterocycles. The van der Waals surface area contributed by atoms with Gasteiger partial charge in [0.1, 0.15) is 5.60 Å². The van der Waals surface area contributed by atoms with Crippen molar-refractivity contribution >= 4 is 34.5 Å². The summed E-state index contributed by atoms with van der Waals surface area (Å²) >= 11 is 5.96. The minimum absolute atomic E-state index is 0.0831. The monoisotopic (exact) mass is 472 g/mol. The molecule has 1 N–H and O–H groups in total. The number of aromatic amines is 1. The highest BCUT2D eigenvalue weighted by molar-refractivity contribution is 6.30. The van der Waals surface area contributed by atoms with Crippen LogP contribution >= 0.6 is 11.6 Å². The second-order valence-electron chi connectivity index (χ2n) is 8.86. The number of fused-ring (bicyclic) bond motifs is 1. The summed E-state index contributed by atoms with van der Waals surface area (Å²) in [6, 6.07) is 8.81. The zero-order valence-electron chi connectivity index (χ0n) is 18.7. The number of hydrogen-bond donors (Lipinski definition) is 1. The lowest BCUT2D eigenvalue weighted by atomic mass is 10.2. The number of nitrogens with zero attached hydrogens (tertiary/aromatic N) is 5. The molecule has 33 heavy (non-hydrogen) atoms. The maximum atomic E-state index is 12.6. The van der Waals surface area contributed by atoms with Gasteiger partial charge in [-0.05, 0) is 38.5 Å². The van der Waals surface area contributed by atoms with Crippen LogP contribution in [0.4, 0.5) is 10.6 Å². The van der Waals surface area contributed by atoms with Crippen molar-refractivity contribution in [2.75, 3.05) is 31.1 Å². The molecule has 0 unspecified atom stereocenters. The smallest absolute Gasteiger partial charge is 0.410 e. The van der Waals surface area contributed by atoms with Gasteiger partial charge in [0.15, 0.2) is 11.3 Å². The fraction of sp³-hybridized carbons (Fsp3) is 0.409. The molecule has 3 heterocycles. The summed E-state index contributed by atoms with van der Waals surface area (Å²) < 4.78 is 6.89. The minimum atomic E-state index is -0.587. The number of hydrogen-bond acceptors (Lipinski definition) is 7. The second kappa shape index (κ2) is 8.86. The third-order valence-corrected chi connectivity index (χ3v) is 5.49. The van der Waals surface area contributed by atoms with Crippen LogP contribution < -0.4 is 16.1 Å². The van der Waals surface area contributed by atoms with Crippen molar-refractivity contribution in [3.8, 4) is 0 Å². The molecule has 0 spiro atoms. The number of ether oxygens (including phenoxy) is 1. The minimum Gasteiger partial charge on any atom is -0.444 e. The highest BCUT2D eigenvalue weighted by Crippen LogP contribution is 2.19. The third-order valence-electron chi connectivity index (χ3n) is 5.24. The molecular formula is C22H25ClN6O4. The Balaban J connectivity index is 1.60. The number of halogens is 1. The molecule has 1 aromatic carbocycles. The van der Waals surface area contributed by atoms with Gasteiger partial charge in [0, 0.05) is 37.3 Å². The lowest BCUT2D eigenvalue weighted by molar-refractivity contribution is 0.0240. The van der Waals surface area contributed by atoms with E-state index in [2.05, 4.69) is 15.2 Å². The van der Waals surface area contributed by atoms with Crippen LogP contribution in [-0.4, -0.2) is 62.5 Å². The summed E-state index contributed by atoms with van der Waals surface area (Å²) in [4.78, 5) is 43.1. The van der Waals surface area contributed by atoms with Gasteiger partial charge in [0.2, 0.25) is 0 Å². The zero-order valence-corrected chi connectivity index (χ0v) is 19.4. The Hall–Kier alpha value is -3.40.